The summed E-state index contributed by atoms with van der Waals surface area (Å²) in [7, 11) is 0. The summed E-state index contributed by atoms with van der Waals surface area (Å²) in [5.74, 6) is 0. The molecule has 0 aliphatic carbocycles. The SMILES string of the molecule is O=[N+]([O-])C(=Cc1cccc2cccnc12)c1ccccc1. The lowest BCUT2D eigenvalue weighted by Gasteiger charge is -2.02. The lowest BCUT2D eigenvalue weighted by Crippen LogP contribution is -1.98. The maximum absolute atomic E-state index is 11.4. The second kappa shape index (κ2) is 5.54. The van der Waals surface area contributed by atoms with Gasteiger partial charge in [0.05, 0.1) is 16.0 Å². The summed E-state index contributed by atoms with van der Waals surface area (Å²) in [5.41, 5.74) is 2.14. The monoisotopic (exact) mass is 276 g/mol. The lowest BCUT2D eigenvalue weighted by molar-refractivity contribution is -0.374. The third-order valence-electron chi connectivity index (χ3n) is 3.22. The zero-order valence-electron chi connectivity index (χ0n) is 11.1. The van der Waals surface area contributed by atoms with Crippen LogP contribution in [0, 0.1) is 10.1 Å². The summed E-state index contributed by atoms with van der Waals surface area (Å²) in [5, 5.41) is 12.3. The van der Waals surface area contributed by atoms with E-state index in [0.717, 1.165) is 16.5 Å². The Balaban J connectivity index is 2.19. The molecule has 4 nitrogen and oxygen atoms in total. The van der Waals surface area contributed by atoms with Gasteiger partial charge in [0, 0.05) is 23.2 Å². The Morgan fingerprint density at radius 2 is 1.76 bits per heavy atom. The number of benzene rings is 2. The van der Waals surface area contributed by atoms with E-state index >= 15 is 0 Å². The molecule has 0 saturated carbocycles. The molecule has 4 heteroatoms. The minimum absolute atomic E-state index is 0.0637. The number of nitrogens with zero attached hydrogens (tertiary/aromatic N) is 2. The van der Waals surface area contributed by atoms with E-state index in [1.54, 1.807) is 36.5 Å². The summed E-state index contributed by atoms with van der Waals surface area (Å²) < 4.78 is 0. The molecule has 0 aliphatic rings. The van der Waals surface area contributed by atoms with Gasteiger partial charge in [-0.1, -0.05) is 42.5 Å². The van der Waals surface area contributed by atoms with Gasteiger partial charge in [0.15, 0.2) is 0 Å². The molecule has 1 aromatic heterocycles. The molecule has 0 bridgehead atoms. The van der Waals surface area contributed by atoms with Gasteiger partial charge in [0.1, 0.15) is 0 Å². The van der Waals surface area contributed by atoms with Crippen molar-refractivity contribution >= 4 is 22.7 Å². The average molecular weight is 276 g/mol. The molecule has 1 heterocycles. The van der Waals surface area contributed by atoms with Crippen molar-refractivity contribution in [2.75, 3.05) is 0 Å². The number of hydrogen-bond donors (Lipinski definition) is 0. The highest BCUT2D eigenvalue weighted by Gasteiger charge is 2.14. The predicted molar refractivity (Wildman–Crippen MR) is 83.1 cm³/mol. The van der Waals surface area contributed by atoms with Gasteiger partial charge in [0.25, 0.3) is 5.70 Å². The van der Waals surface area contributed by atoms with E-state index in [4.69, 9.17) is 0 Å². The van der Waals surface area contributed by atoms with Gasteiger partial charge in [-0.3, -0.25) is 15.1 Å². The normalized spacial score (nSPS) is 11.5. The van der Waals surface area contributed by atoms with Crippen LogP contribution in [0.25, 0.3) is 22.7 Å². The summed E-state index contributed by atoms with van der Waals surface area (Å²) in [6, 6.07) is 18.3. The molecule has 0 unspecified atom stereocenters. The van der Waals surface area contributed by atoms with Gasteiger partial charge >= 0.3 is 0 Å². The van der Waals surface area contributed by atoms with E-state index < -0.39 is 0 Å². The third kappa shape index (κ3) is 2.65. The zero-order valence-corrected chi connectivity index (χ0v) is 11.1. The van der Waals surface area contributed by atoms with Crippen LogP contribution in [0.5, 0.6) is 0 Å². The van der Waals surface area contributed by atoms with Gasteiger partial charge < -0.3 is 0 Å². The third-order valence-corrected chi connectivity index (χ3v) is 3.22. The van der Waals surface area contributed by atoms with Crippen LogP contribution in [0.2, 0.25) is 0 Å². The number of hydrogen-bond acceptors (Lipinski definition) is 3. The highest BCUT2D eigenvalue weighted by molar-refractivity contribution is 5.91. The van der Waals surface area contributed by atoms with Crippen molar-refractivity contribution in [3.8, 4) is 0 Å². The Morgan fingerprint density at radius 3 is 2.52 bits per heavy atom. The van der Waals surface area contributed by atoms with Crippen molar-refractivity contribution < 1.29 is 4.92 Å². The van der Waals surface area contributed by atoms with Crippen LogP contribution in [-0.4, -0.2) is 9.91 Å². The van der Waals surface area contributed by atoms with Crippen LogP contribution in [0.4, 0.5) is 0 Å². The van der Waals surface area contributed by atoms with E-state index in [9.17, 15) is 10.1 Å². The van der Waals surface area contributed by atoms with Crippen LogP contribution in [0.3, 0.4) is 0 Å². The summed E-state index contributed by atoms with van der Waals surface area (Å²) in [4.78, 5) is 15.3. The largest absolute Gasteiger partial charge is 0.277 e. The van der Waals surface area contributed by atoms with Gasteiger partial charge in [-0.15, -0.1) is 0 Å². The second-order valence-corrected chi connectivity index (χ2v) is 4.58. The molecular weight excluding hydrogens is 264 g/mol. The number of rotatable bonds is 3. The highest BCUT2D eigenvalue weighted by Crippen LogP contribution is 2.23. The molecule has 102 valence electrons. The predicted octanol–water partition coefficient (Wildman–Crippen LogP) is 4.01. The van der Waals surface area contributed by atoms with Crippen LogP contribution in [0.15, 0.2) is 66.9 Å². The molecule has 0 atom stereocenters. The van der Waals surface area contributed by atoms with Crippen molar-refractivity contribution in [3.05, 3.63) is 88.1 Å². The van der Waals surface area contributed by atoms with Gasteiger partial charge in [0.2, 0.25) is 0 Å². The molecule has 0 saturated heterocycles. The van der Waals surface area contributed by atoms with E-state index in [0.29, 0.717) is 5.56 Å². The van der Waals surface area contributed by atoms with E-state index in [1.165, 1.54) is 0 Å². The number of aromatic nitrogens is 1. The molecule has 0 fully saturated rings. The standard InChI is InChI=1S/C17H12N2O2/c20-19(21)16(13-6-2-1-3-7-13)12-15-9-4-8-14-10-5-11-18-17(14)15/h1-12H. The molecule has 0 spiro atoms. The number of fused-ring (bicyclic) bond motifs is 1. The Bertz CT molecular complexity index is 821. The molecule has 0 aliphatic heterocycles. The van der Waals surface area contributed by atoms with Gasteiger partial charge in [-0.25, -0.2) is 0 Å². The maximum atomic E-state index is 11.4. The van der Waals surface area contributed by atoms with E-state index in [1.807, 2.05) is 36.4 Å². The second-order valence-electron chi connectivity index (χ2n) is 4.58. The average Bonchev–Trinajstić information content (AvgIpc) is 2.53. The zero-order chi connectivity index (χ0) is 14.7. The van der Waals surface area contributed by atoms with Crippen molar-refractivity contribution in [2.45, 2.75) is 0 Å². The van der Waals surface area contributed by atoms with Crippen molar-refractivity contribution in [1.29, 1.82) is 0 Å². The number of nitro groups is 1. The molecule has 3 rings (SSSR count). The molecule has 2 aromatic carbocycles. The Morgan fingerprint density at radius 1 is 1.00 bits per heavy atom. The van der Waals surface area contributed by atoms with Crippen LogP contribution < -0.4 is 0 Å². The van der Waals surface area contributed by atoms with E-state index in [-0.39, 0.29) is 10.6 Å². The topological polar surface area (TPSA) is 56.0 Å². The number of para-hydroxylation sites is 1. The molecule has 3 aromatic rings. The summed E-state index contributed by atoms with van der Waals surface area (Å²) in [6.45, 7) is 0. The first-order valence-corrected chi connectivity index (χ1v) is 6.51. The molecule has 21 heavy (non-hydrogen) atoms. The lowest BCUT2D eigenvalue weighted by atomic mass is 10.1. The van der Waals surface area contributed by atoms with E-state index in [2.05, 4.69) is 4.98 Å². The minimum atomic E-state index is -0.364. The first-order chi connectivity index (χ1) is 10.3. The van der Waals surface area contributed by atoms with Crippen LogP contribution in [0.1, 0.15) is 11.1 Å². The Kier molecular flexibility index (Phi) is 3.43. The Hall–Kier alpha value is -3.01. The van der Waals surface area contributed by atoms with Crippen LogP contribution >= 0.6 is 0 Å². The first-order valence-electron chi connectivity index (χ1n) is 6.51. The van der Waals surface area contributed by atoms with Crippen molar-refractivity contribution in [3.63, 3.8) is 0 Å². The highest BCUT2D eigenvalue weighted by atomic mass is 16.6. The fraction of sp³-hybridized carbons (Fsp3) is 0. The molecule has 0 N–H and O–H groups in total. The minimum Gasteiger partial charge on any atom is -0.258 e. The molecule has 0 radical (unpaired) electrons. The quantitative estimate of drug-likeness (QED) is 0.412. The summed E-state index contributed by atoms with van der Waals surface area (Å²) >= 11 is 0. The van der Waals surface area contributed by atoms with Crippen molar-refractivity contribution in [1.82, 2.24) is 4.98 Å². The van der Waals surface area contributed by atoms with Gasteiger partial charge in [-0.2, -0.15) is 0 Å². The molecule has 0 amide bonds. The Labute approximate surface area is 121 Å². The summed E-state index contributed by atoms with van der Waals surface area (Å²) in [6.07, 6.45) is 3.26. The first kappa shape index (κ1) is 13.0. The smallest absolute Gasteiger partial charge is 0.258 e. The number of pyridine rings is 1. The maximum Gasteiger partial charge on any atom is 0.277 e. The van der Waals surface area contributed by atoms with Crippen molar-refractivity contribution in [2.24, 2.45) is 0 Å². The van der Waals surface area contributed by atoms with Gasteiger partial charge in [-0.05, 0) is 18.2 Å². The fourth-order valence-corrected chi connectivity index (χ4v) is 2.24. The molecular formula is C17H12N2O2. The fourth-order valence-electron chi connectivity index (χ4n) is 2.24. The van der Waals surface area contributed by atoms with Crippen LogP contribution in [-0.2, 0) is 0 Å².